The van der Waals surface area contributed by atoms with E-state index >= 15 is 0 Å². The number of hydrogen-bond acceptors (Lipinski definition) is 2. The van der Waals surface area contributed by atoms with Crippen LogP contribution < -0.4 is 4.74 Å². The van der Waals surface area contributed by atoms with Gasteiger partial charge in [0, 0.05) is 22.9 Å². The molecular formula is C14H17BrClNO2. The molecule has 2 atom stereocenters. The second-order valence-electron chi connectivity index (χ2n) is 4.88. The molecule has 0 N–H and O–H groups in total. The van der Waals surface area contributed by atoms with Crippen LogP contribution in [0, 0.1) is 5.92 Å². The lowest BCUT2D eigenvalue weighted by atomic mass is 9.99. The molecule has 0 radical (unpaired) electrons. The largest absolute Gasteiger partial charge is 0.496 e. The van der Waals surface area contributed by atoms with Crippen molar-refractivity contribution in [3.05, 3.63) is 28.8 Å². The summed E-state index contributed by atoms with van der Waals surface area (Å²) in [6, 6.07) is 5.13. The van der Waals surface area contributed by atoms with E-state index < -0.39 is 0 Å². The van der Waals surface area contributed by atoms with Crippen molar-refractivity contribution in [1.82, 2.24) is 4.90 Å². The number of rotatable bonds is 2. The molecule has 5 heteroatoms. The first-order valence-electron chi connectivity index (χ1n) is 6.29. The minimum absolute atomic E-state index is 0.0137. The zero-order valence-corrected chi connectivity index (χ0v) is 13.4. The maximum absolute atomic E-state index is 12.5. The van der Waals surface area contributed by atoms with E-state index in [1.165, 1.54) is 0 Å². The van der Waals surface area contributed by atoms with Crippen LogP contribution >= 0.6 is 27.5 Å². The van der Waals surface area contributed by atoms with Crippen LogP contribution in [0.2, 0.25) is 5.02 Å². The molecule has 1 aromatic carbocycles. The van der Waals surface area contributed by atoms with Gasteiger partial charge >= 0.3 is 0 Å². The predicted molar refractivity (Wildman–Crippen MR) is 80.4 cm³/mol. The van der Waals surface area contributed by atoms with Gasteiger partial charge in [-0.3, -0.25) is 4.79 Å². The van der Waals surface area contributed by atoms with E-state index in [0.29, 0.717) is 27.1 Å². The van der Waals surface area contributed by atoms with Crippen LogP contribution in [0.4, 0.5) is 0 Å². The molecule has 0 aromatic heterocycles. The van der Waals surface area contributed by atoms with E-state index in [9.17, 15) is 4.79 Å². The Morgan fingerprint density at radius 3 is 2.89 bits per heavy atom. The zero-order valence-electron chi connectivity index (χ0n) is 11.0. The van der Waals surface area contributed by atoms with Gasteiger partial charge < -0.3 is 9.64 Å². The lowest BCUT2D eigenvalue weighted by molar-refractivity contribution is 0.0687. The van der Waals surface area contributed by atoms with Gasteiger partial charge in [-0.05, 0) is 30.5 Å². The van der Waals surface area contributed by atoms with Crippen molar-refractivity contribution in [2.75, 3.05) is 20.2 Å². The monoisotopic (exact) mass is 345 g/mol. The van der Waals surface area contributed by atoms with Crippen LogP contribution in [-0.4, -0.2) is 35.8 Å². The highest BCUT2D eigenvalue weighted by Gasteiger charge is 2.28. The number of carbonyl (C=O) groups excluding carboxylic acids is 1. The van der Waals surface area contributed by atoms with Gasteiger partial charge in [0.2, 0.25) is 0 Å². The lowest BCUT2D eigenvalue weighted by Gasteiger charge is -2.34. The number of halogens is 2. The van der Waals surface area contributed by atoms with Gasteiger partial charge in [-0.25, -0.2) is 0 Å². The van der Waals surface area contributed by atoms with Crippen molar-refractivity contribution < 1.29 is 9.53 Å². The lowest BCUT2D eigenvalue weighted by Crippen LogP contribution is -2.43. The van der Waals surface area contributed by atoms with Gasteiger partial charge in [-0.15, -0.1) is 0 Å². The Hall–Kier alpha value is -0.740. The van der Waals surface area contributed by atoms with Crippen molar-refractivity contribution in [1.29, 1.82) is 0 Å². The average molecular weight is 347 g/mol. The Morgan fingerprint density at radius 2 is 2.26 bits per heavy atom. The van der Waals surface area contributed by atoms with E-state index in [0.717, 1.165) is 19.5 Å². The molecule has 2 rings (SSSR count). The third kappa shape index (κ3) is 3.23. The Balaban J connectivity index is 2.20. The standard InChI is InChI=1S/C14H17BrClNO2/c1-9-8-17(6-5-12(9)15)14(18)11-4-3-10(16)7-13(11)19-2/h3-4,7,9,12H,5-6,8H2,1-2H3. The molecule has 0 saturated carbocycles. The zero-order chi connectivity index (χ0) is 14.0. The smallest absolute Gasteiger partial charge is 0.257 e. The summed E-state index contributed by atoms with van der Waals surface area (Å²) in [6.07, 6.45) is 0.975. The molecular weight excluding hydrogens is 330 g/mol. The number of likely N-dealkylation sites (tertiary alicyclic amines) is 1. The molecule has 1 aliphatic rings. The molecule has 2 unspecified atom stereocenters. The molecule has 1 amide bonds. The van der Waals surface area contributed by atoms with E-state index in [2.05, 4.69) is 22.9 Å². The summed E-state index contributed by atoms with van der Waals surface area (Å²) in [7, 11) is 1.55. The maximum Gasteiger partial charge on any atom is 0.257 e. The topological polar surface area (TPSA) is 29.5 Å². The molecule has 1 aliphatic heterocycles. The predicted octanol–water partition coefficient (Wildman–Crippen LogP) is 3.59. The fourth-order valence-electron chi connectivity index (χ4n) is 2.31. The maximum atomic E-state index is 12.5. The summed E-state index contributed by atoms with van der Waals surface area (Å²) in [4.78, 5) is 14.9. The number of alkyl halides is 1. The van der Waals surface area contributed by atoms with Gasteiger partial charge in [-0.1, -0.05) is 34.5 Å². The third-order valence-corrected chi connectivity index (χ3v) is 5.08. The molecule has 3 nitrogen and oxygen atoms in total. The Labute approximate surface area is 127 Å². The summed E-state index contributed by atoms with van der Waals surface area (Å²) < 4.78 is 5.24. The quantitative estimate of drug-likeness (QED) is 0.766. The normalized spacial score (nSPS) is 23.3. The molecule has 0 bridgehead atoms. The number of carbonyl (C=O) groups is 1. The van der Waals surface area contributed by atoms with Gasteiger partial charge in [-0.2, -0.15) is 0 Å². The molecule has 19 heavy (non-hydrogen) atoms. The van der Waals surface area contributed by atoms with E-state index in [-0.39, 0.29) is 5.91 Å². The number of amides is 1. The number of benzene rings is 1. The number of ether oxygens (including phenoxy) is 1. The molecule has 104 valence electrons. The fraction of sp³-hybridized carbons (Fsp3) is 0.500. The summed E-state index contributed by atoms with van der Waals surface area (Å²) in [5.74, 6) is 1.00. The van der Waals surface area contributed by atoms with Gasteiger partial charge in [0.05, 0.1) is 12.7 Å². The van der Waals surface area contributed by atoms with Gasteiger partial charge in [0.15, 0.2) is 0 Å². The number of piperidine rings is 1. The Morgan fingerprint density at radius 1 is 1.53 bits per heavy atom. The fourth-order valence-corrected chi connectivity index (χ4v) is 2.85. The Kier molecular flexibility index (Phi) is 4.74. The van der Waals surface area contributed by atoms with Crippen molar-refractivity contribution in [3.8, 4) is 5.75 Å². The first kappa shape index (κ1) is 14.7. The number of hydrogen-bond donors (Lipinski definition) is 0. The average Bonchev–Trinajstić information content (AvgIpc) is 2.41. The third-order valence-electron chi connectivity index (χ3n) is 3.48. The van der Waals surface area contributed by atoms with Crippen LogP contribution in [0.5, 0.6) is 5.75 Å². The second kappa shape index (κ2) is 6.14. The summed E-state index contributed by atoms with van der Waals surface area (Å²) >= 11 is 9.56. The van der Waals surface area contributed by atoms with E-state index in [1.54, 1.807) is 25.3 Å². The molecule has 1 aromatic rings. The highest BCUT2D eigenvalue weighted by atomic mass is 79.9. The first-order valence-corrected chi connectivity index (χ1v) is 7.59. The highest BCUT2D eigenvalue weighted by Crippen LogP contribution is 2.28. The summed E-state index contributed by atoms with van der Waals surface area (Å²) in [5, 5.41) is 0.570. The van der Waals surface area contributed by atoms with Crippen LogP contribution in [0.1, 0.15) is 23.7 Å². The van der Waals surface area contributed by atoms with Crippen LogP contribution in [0.25, 0.3) is 0 Å². The Bertz CT molecular complexity index is 481. The first-order chi connectivity index (χ1) is 9.02. The molecule has 1 fully saturated rings. The van der Waals surface area contributed by atoms with Crippen LogP contribution in [0.15, 0.2) is 18.2 Å². The number of methoxy groups -OCH3 is 1. The minimum Gasteiger partial charge on any atom is -0.496 e. The molecule has 0 spiro atoms. The summed E-state index contributed by atoms with van der Waals surface area (Å²) in [5.41, 5.74) is 0.576. The van der Waals surface area contributed by atoms with Crippen molar-refractivity contribution in [2.45, 2.75) is 18.2 Å². The molecule has 0 aliphatic carbocycles. The molecule has 1 saturated heterocycles. The number of nitrogens with zero attached hydrogens (tertiary/aromatic N) is 1. The van der Waals surface area contributed by atoms with Crippen molar-refractivity contribution in [2.24, 2.45) is 5.92 Å². The van der Waals surface area contributed by atoms with Crippen molar-refractivity contribution in [3.63, 3.8) is 0 Å². The molecule has 1 heterocycles. The summed E-state index contributed by atoms with van der Waals surface area (Å²) in [6.45, 7) is 3.68. The SMILES string of the molecule is COc1cc(Cl)ccc1C(=O)N1CCC(Br)C(C)C1. The van der Waals surface area contributed by atoms with Gasteiger partial charge in [0.1, 0.15) is 5.75 Å². The van der Waals surface area contributed by atoms with Crippen LogP contribution in [-0.2, 0) is 0 Å². The van der Waals surface area contributed by atoms with Crippen LogP contribution in [0.3, 0.4) is 0 Å². The second-order valence-corrected chi connectivity index (χ2v) is 6.49. The van der Waals surface area contributed by atoms with E-state index in [1.807, 2.05) is 4.90 Å². The van der Waals surface area contributed by atoms with Gasteiger partial charge in [0.25, 0.3) is 5.91 Å². The van der Waals surface area contributed by atoms with Crippen molar-refractivity contribution >= 4 is 33.4 Å². The highest BCUT2D eigenvalue weighted by molar-refractivity contribution is 9.09. The van der Waals surface area contributed by atoms with E-state index in [4.69, 9.17) is 16.3 Å². The minimum atomic E-state index is 0.0137.